The second kappa shape index (κ2) is 4.49. The van der Waals surface area contributed by atoms with Gasteiger partial charge in [0.2, 0.25) is 5.88 Å². The van der Waals surface area contributed by atoms with Crippen molar-refractivity contribution < 1.29 is 5.11 Å². The van der Waals surface area contributed by atoms with Crippen LogP contribution < -0.4 is 5.56 Å². The molecule has 0 saturated heterocycles. The second-order valence-electron chi connectivity index (χ2n) is 3.32. The van der Waals surface area contributed by atoms with Crippen LogP contribution in [-0.2, 0) is 6.42 Å². The van der Waals surface area contributed by atoms with Gasteiger partial charge in [-0.2, -0.15) is 4.98 Å². The number of nitrogens with zero attached hydrogens (tertiary/aromatic N) is 1. The fraction of sp³-hybridized carbons (Fsp3) is 0.0909. The van der Waals surface area contributed by atoms with Gasteiger partial charge in [-0.05, 0) is 11.6 Å². The van der Waals surface area contributed by atoms with Crippen molar-refractivity contribution in [3.63, 3.8) is 0 Å². The summed E-state index contributed by atoms with van der Waals surface area (Å²) in [7, 11) is 0. The monoisotopic (exact) mass is 280 g/mol. The van der Waals surface area contributed by atoms with Crippen molar-refractivity contribution in [1.82, 2.24) is 9.97 Å². The summed E-state index contributed by atoms with van der Waals surface area (Å²) in [6, 6.07) is 8.70. The minimum absolute atomic E-state index is 0.259. The smallest absolute Gasteiger partial charge is 0.254 e. The molecule has 2 rings (SSSR count). The van der Waals surface area contributed by atoms with Gasteiger partial charge < -0.3 is 10.1 Å². The maximum atomic E-state index is 11.1. The van der Waals surface area contributed by atoms with E-state index in [2.05, 4.69) is 25.9 Å². The third kappa shape index (κ3) is 2.49. The van der Waals surface area contributed by atoms with E-state index in [-0.39, 0.29) is 11.4 Å². The largest absolute Gasteiger partial charge is 0.493 e. The van der Waals surface area contributed by atoms with Gasteiger partial charge in [0.15, 0.2) is 0 Å². The summed E-state index contributed by atoms with van der Waals surface area (Å²) in [5.41, 5.74) is 0.644. The maximum Gasteiger partial charge on any atom is 0.254 e. The quantitative estimate of drug-likeness (QED) is 0.882. The highest BCUT2D eigenvalue weighted by molar-refractivity contribution is 9.10. The summed E-state index contributed by atoms with van der Waals surface area (Å²) in [4.78, 5) is 17.5. The standard InChI is InChI=1S/C11H9BrN2O2/c12-8-4-2-1-3-7(8)5-9-13-10(15)6-11(16)14-9/h1-4,6H,5H2,(H2,13,14,15,16). The van der Waals surface area contributed by atoms with Crippen molar-refractivity contribution in [3.05, 3.63) is 56.5 Å². The average Bonchev–Trinajstić information content (AvgIpc) is 2.20. The minimum atomic E-state index is -0.352. The van der Waals surface area contributed by atoms with Crippen molar-refractivity contribution in [2.75, 3.05) is 0 Å². The number of hydrogen-bond donors (Lipinski definition) is 2. The van der Waals surface area contributed by atoms with Gasteiger partial charge >= 0.3 is 0 Å². The van der Waals surface area contributed by atoms with E-state index in [0.29, 0.717) is 12.2 Å². The molecule has 0 bridgehead atoms. The number of nitrogens with one attached hydrogen (secondary N) is 1. The Kier molecular flexibility index (Phi) is 3.05. The molecule has 4 nitrogen and oxygen atoms in total. The molecule has 2 N–H and O–H groups in total. The highest BCUT2D eigenvalue weighted by atomic mass is 79.9. The van der Waals surface area contributed by atoms with Crippen molar-refractivity contribution in [1.29, 1.82) is 0 Å². The van der Waals surface area contributed by atoms with Crippen LogP contribution in [0.2, 0.25) is 0 Å². The zero-order valence-corrected chi connectivity index (χ0v) is 9.86. The molecule has 0 aliphatic carbocycles. The van der Waals surface area contributed by atoms with Crippen LogP contribution in [-0.4, -0.2) is 15.1 Å². The number of aromatic amines is 1. The molecular formula is C11H9BrN2O2. The van der Waals surface area contributed by atoms with Crippen LogP contribution in [0.4, 0.5) is 0 Å². The molecule has 0 aliphatic heterocycles. The number of hydrogen-bond acceptors (Lipinski definition) is 3. The Bertz CT molecular complexity index is 566. The van der Waals surface area contributed by atoms with Gasteiger partial charge in [-0.3, -0.25) is 4.79 Å². The van der Waals surface area contributed by atoms with E-state index in [0.717, 1.165) is 16.1 Å². The minimum Gasteiger partial charge on any atom is -0.493 e. The van der Waals surface area contributed by atoms with Gasteiger partial charge in [0.05, 0.1) is 6.07 Å². The van der Waals surface area contributed by atoms with Crippen LogP contribution in [0.15, 0.2) is 39.6 Å². The van der Waals surface area contributed by atoms with E-state index in [4.69, 9.17) is 0 Å². The molecule has 1 heterocycles. The highest BCUT2D eigenvalue weighted by Gasteiger charge is 2.04. The summed E-state index contributed by atoms with van der Waals surface area (Å²) >= 11 is 3.41. The van der Waals surface area contributed by atoms with E-state index >= 15 is 0 Å². The van der Waals surface area contributed by atoms with Crippen molar-refractivity contribution in [2.24, 2.45) is 0 Å². The van der Waals surface area contributed by atoms with Crippen LogP contribution in [0.1, 0.15) is 11.4 Å². The first-order valence-corrected chi connectivity index (χ1v) is 5.47. The third-order valence-electron chi connectivity index (χ3n) is 2.09. The Morgan fingerprint density at radius 1 is 1.38 bits per heavy atom. The van der Waals surface area contributed by atoms with Crippen LogP contribution in [0.5, 0.6) is 5.88 Å². The molecule has 5 heteroatoms. The molecule has 16 heavy (non-hydrogen) atoms. The Hall–Kier alpha value is -1.62. The lowest BCUT2D eigenvalue weighted by Crippen LogP contribution is -2.09. The van der Waals surface area contributed by atoms with Crippen molar-refractivity contribution >= 4 is 15.9 Å². The van der Waals surface area contributed by atoms with Gasteiger partial charge in [0.25, 0.3) is 5.56 Å². The molecular weight excluding hydrogens is 272 g/mol. The first kappa shape index (κ1) is 10.9. The number of rotatable bonds is 2. The fourth-order valence-corrected chi connectivity index (χ4v) is 1.82. The van der Waals surface area contributed by atoms with E-state index < -0.39 is 0 Å². The van der Waals surface area contributed by atoms with Crippen LogP contribution in [0.3, 0.4) is 0 Å². The molecule has 0 fully saturated rings. The second-order valence-corrected chi connectivity index (χ2v) is 4.17. The summed E-state index contributed by atoms with van der Waals surface area (Å²) in [6.07, 6.45) is 0.463. The fourth-order valence-electron chi connectivity index (χ4n) is 1.40. The number of halogens is 1. The highest BCUT2D eigenvalue weighted by Crippen LogP contribution is 2.18. The summed E-state index contributed by atoms with van der Waals surface area (Å²) in [6.45, 7) is 0. The van der Waals surface area contributed by atoms with Crippen LogP contribution in [0.25, 0.3) is 0 Å². The molecule has 0 amide bonds. The first-order chi connectivity index (χ1) is 7.65. The van der Waals surface area contributed by atoms with Crippen molar-refractivity contribution in [2.45, 2.75) is 6.42 Å². The van der Waals surface area contributed by atoms with Gasteiger partial charge in [-0.1, -0.05) is 34.1 Å². The Morgan fingerprint density at radius 2 is 2.12 bits per heavy atom. The normalized spacial score (nSPS) is 10.3. The third-order valence-corrected chi connectivity index (χ3v) is 2.87. The first-order valence-electron chi connectivity index (χ1n) is 4.68. The maximum absolute atomic E-state index is 11.1. The molecule has 1 aromatic heterocycles. The topological polar surface area (TPSA) is 66.0 Å². The van der Waals surface area contributed by atoms with Gasteiger partial charge in [0, 0.05) is 10.9 Å². The number of aromatic hydroxyl groups is 1. The van der Waals surface area contributed by atoms with Gasteiger partial charge in [0.1, 0.15) is 5.82 Å². The predicted octanol–water partition coefficient (Wildman–Crippen LogP) is 1.83. The molecule has 0 saturated carbocycles. The zero-order chi connectivity index (χ0) is 11.5. The SMILES string of the molecule is O=c1cc(O)nc(Cc2ccccc2Br)[nH]1. The molecule has 0 spiro atoms. The lowest BCUT2D eigenvalue weighted by molar-refractivity contribution is 0.448. The molecule has 0 unspecified atom stereocenters. The van der Waals surface area contributed by atoms with Gasteiger partial charge in [-0.15, -0.1) is 0 Å². The average molecular weight is 281 g/mol. The lowest BCUT2D eigenvalue weighted by Gasteiger charge is -2.03. The number of benzene rings is 1. The zero-order valence-electron chi connectivity index (χ0n) is 8.27. The molecule has 1 aromatic carbocycles. The molecule has 0 atom stereocenters. The Balaban J connectivity index is 2.34. The van der Waals surface area contributed by atoms with Gasteiger partial charge in [-0.25, -0.2) is 0 Å². The van der Waals surface area contributed by atoms with E-state index in [1.54, 1.807) is 0 Å². The van der Waals surface area contributed by atoms with Crippen LogP contribution in [0, 0.1) is 0 Å². The van der Waals surface area contributed by atoms with Crippen LogP contribution >= 0.6 is 15.9 Å². The molecule has 0 aliphatic rings. The summed E-state index contributed by atoms with van der Waals surface area (Å²) in [5.74, 6) is 0.183. The van der Waals surface area contributed by atoms with Crippen molar-refractivity contribution in [3.8, 4) is 5.88 Å². The lowest BCUT2D eigenvalue weighted by atomic mass is 10.1. The number of aromatic nitrogens is 2. The summed E-state index contributed by atoms with van der Waals surface area (Å²) < 4.78 is 0.945. The Morgan fingerprint density at radius 3 is 2.81 bits per heavy atom. The van der Waals surface area contributed by atoms with E-state index in [1.165, 1.54) is 0 Å². The predicted molar refractivity (Wildman–Crippen MR) is 63.5 cm³/mol. The summed E-state index contributed by atoms with van der Waals surface area (Å²) in [5, 5.41) is 9.20. The van der Waals surface area contributed by atoms with E-state index in [1.807, 2.05) is 24.3 Å². The number of H-pyrrole nitrogens is 1. The molecule has 2 aromatic rings. The van der Waals surface area contributed by atoms with E-state index in [9.17, 15) is 9.90 Å². The molecule has 82 valence electrons. The Labute approximate surface area is 100 Å². The molecule has 0 radical (unpaired) electrons.